The van der Waals surface area contributed by atoms with Gasteiger partial charge >= 0.3 is 0 Å². The molecular weight excluding hydrogens is 490 g/mol. The Morgan fingerprint density at radius 1 is 1.14 bits per heavy atom. The first-order valence-electron chi connectivity index (χ1n) is 11.3. The van der Waals surface area contributed by atoms with Crippen LogP contribution in [0.2, 0.25) is 5.02 Å². The highest BCUT2D eigenvalue weighted by Gasteiger charge is 2.32. The third-order valence-corrected chi connectivity index (χ3v) is 6.79. The van der Waals surface area contributed by atoms with Crippen LogP contribution in [0.15, 0.2) is 42.5 Å². The van der Waals surface area contributed by atoms with E-state index in [1.807, 2.05) is 52.0 Å². The lowest BCUT2D eigenvalue weighted by Crippen LogP contribution is -2.53. The Balaban J connectivity index is 2.47. The fourth-order valence-electron chi connectivity index (χ4n) is 3.73. The van der Waals surface area contributed by atoms with Crippen molar-refractivity contribution in [2.45, 2.75) is 52.7 Å². The van der Waals surface area contributed by atoms with Crippen LogP contribution in [0, 0.1) is 6.92 Å². The minimum atomic E-state index is -3.85. The maximum absolute atomic E-state index is 13.6. The molecule has 0 spiro atoms. The number of ether oxygens (including phenoxy) is 1. The molecule has 0 radical (unpaired) electrons. The molecule has 0 heterocycles. The first-order valence-corrected chi connectivity index (χ1v) is 13.6. The van der Waals surface area contributed by atoms with Crippen molar-refractivity contribution in [3.8, 4) is 5.75 Å². The van der Waals surface area contributed by atoms with E-state index < -0.39 is 28.5 Å². The summed E-state index contributed by atoms with van der Waals surface area (Å²) in [5.41, 5.74) is 2.08. The van der Waals surface area contributed by atoms with Crippen LogP contribution in [0.25, 0.3) is 0 Å². The molecule has 2 aromatic rings. The second kappa shape index (κ2) is 12.3. The molecule has 0 bridgehead atoms. The number of hydrogen-bond donors (Lipinski definition) is 1. The molecule has 0 aliphatic heterocycles. The normalized spacial score (nSPS) is 12.2. The number of anilines is 1. The third kappa shape index (κ3) is 7.86. The number of hydrogen-bond acceptors (Lipinski definition) is 5. The average Bonchev–Trinajstić information content (AvgIpc) is 2.75. The summed E-state index contributed by atoms with van der Waals surface area (Å²) in [6.45, 7) is 7.12. The number of aryl methyl sites for hydroxylation is 1. The van der Waals surface area contributed by atoms with E-state index in [2.05, 4.69) is 5.32 Å². The van der Waals surface area contributed by atoms with Crippen molar-refractivity contribution >= 4 is 39.1 Å². The molecule has 10 heteroatoms. The summed E-state index contributed by atoms with van der Waals surface area (Å²) < 4.78 is 31.5. The largest absolute Gasteiger partial charge is 0.495 e. The van der Waals surface area contributed by atoms with Crippen LogP contribution in [-0.4, -0.2) is 57.1 Å². The summed E-state index contributed by atoms with van der Waals surface area (Å²) in [5, 5.41) is 3.08. The van der Waals surface area contributed by atoms with Crippen LogP contribution in [0.1, 0.15) is 38.3 Å². The van der Waals surface area contributed by atoms with Crippen LogP contribution in [-0.2, 0) is 26.2 Å². The van der Waals surface area contributed by atoms with Crippen molar-refractivity contribution in [3.05, 3.63) is 58.6 Å². The fraction of sp³-hybridized carbons (Fsp3) is 0.440. The van der Waals surface area contributed by atoms with Crippen LogP contribution in [0.5, 0.6) is 5.75 Å². The molecule has 35 heavy (non-hydrogen) atoms. The number of carbonyl (C=O) groups is 2. The Kier molecular flexibility index (Phi) is 9.97. The van der Waals surface area contributed by atoms with Gasteiger partial charge in [-0.3, -0.25) is 13.9 Å². The van der Waals surface area contributed by atoms with E-state index in [1.54, 1.807) is 0 Å². The van der Waals surface area contributed by atoms with Crippen molar-refractivity contribution in [1.29, 1.82) is 0 Å². The van der Waals surface area contributed by atoms with Crippen molar-refractivity contribution in [2.24, 2.45) is 0 Å². The van der Waals surface area contributed by atoms with Gasteiger partial charge in [-0.15, -0.1) is 0 Å². The number of nitrogens with one attached hydrogen (secondary N) is 1. The Labute approximate surface area is 213 Å². The van der Waals surface area contributed by atoms with Gasteiger partial charge in [0.25, 0.3) is 0 Å². The molecule has 0 aliphatic carbocycles. The van der Waals surface area contributed by atoms with Crippen molar-refractivity contribution in [2.75, 3.05) is 24.2 Å². The zero-order valence-electron chi connectivity index (χ0n) is 21.0. The van der Waals surface area contributed by atoms with Gasteiger partial charge in [0, 0.05) is 12.6 Å². The van der Waals surface area contributed by atoms with Gasteiger partial charge < -0.3 is 15.0 Å². The number of nitrogens with zero attached hydrogens (tertiary/aromatic N) is 2. The van der Waals surface area contributed by atoms with Gasteiger partial charge in [-0.05, 0) is 51.0 Å². The number of benzene rings is 2. The molecule has 0 fully saturated rings. The summed E-state index contributed by atoms with van der Waals surface area (Å²) in [6, 6.07) is 11.2. The van der Waals surface area contributed by atoms with Crippen LogP contribution in [0.4, 0.5) is 5.69 Å². The monoisotopic (exact) mass is 523 g/mol. The molecule has 192 valence electrons. The van der Waals surface area contributed by atoms with E-state index >= 15 is 0 Å². The second-order valence-corrected chi connectivity index (χ2v) is 11.0. The molecule has 8 nitrogen and oxygen atoms in total. The molecule has 0 saturated carbocycles. The highest BCUT2D eigenvalue weighted by molar-refractivity contribution is 7.92. The lowest BCUT2D eigenvalue weighted by molar-refractivity contribution is -0.140. The van der Waals surface area contributed by atoms with E-state index in [0.717, 1.165) is 21.7 Å². The molecule has 1 N–H and O–H groups in total. The SMILES string of the molecule is CC[C@@H](C(=O)NC(C)C)N(Cc1cccc(C)c1)C(=O)CN(c1ccc(OC)c(Cl)c1)S(C)(=O)=O. The topological polar surface area (TPSA) is 96.0 Å². The van der Waals surface area contributed by atoms with Crippen LogP contribution >= 0.6 is 11.6 Å². The van der Waals surface area contributed by atoms with Crippen LogP contribution in [0.3, 0.4) is 0 Å². The predicted octanol–water partition coefficient (Wildman–Crippen LogP) is 3.76. The molecule has 2 aromatic carbocycles. The van der Waals surface area contributed by atoms with Gasteiger partial charge in [-0.2, -0.15) is 0 Å². The minimum Gasteiger partial charge on any atom is -0.495 e. The van der Waals surface area contributed by atoms with Gasteiger partial charge in [-0.25, -0.2) is 8.42 Å². The molecule has 0 saturated heterocycles. The highest BCUT2D eigenvalue weighted by Crippen LogP contribution is 2.30. The van der Waals surface area contributed by atoms with Gasteiger partial charge in [-0.1, -0.05) is 48.4 Å². The van der Waals surface area contributed by atoms with E-state index in [4.69, 9.17) is 16.3 Å². The summed E-state index contributed by atoms with van der Waals surface area (Å²) in [6.07, 6.45) is 1.38. The van der Waals surface area contributed by atoms with Crippen molar-refractivity contribution in [1.82, 2.24) is 10.2 Å². The molecule has 0 unspecified atom stereocenters. The second-order valence-electron chi connectivity index (χ2n) is 8.69. The quantitative estimate of drug-likeness (QED) is 0.484. The standard InChI is InChI=1S/C25H34ClN3O5S/c1-7-22(25(31)27-17(2)3)28(15-19-10-8-9-18(4)13-19)24(30)16-29(35(6,32)33)20-11-12-23(34-5)21(26)14-20/h8-14,17,22H,7,15-16H2,1-6H3,(H,27,31)/t22-/m0/s1. The number of amides is 2. The Bertz CT molecular complexity index is 1150. The van der Waals surface area contributed by atoms with Crippen LogP contribution < -0.4 is 14.4 Å². The van der Waals surface area contributed by atoms with Gasteiger partial charge in [0.15, 0.2) is 0 Å². The van der Waals surface area contributed by atoms with Gasteiger partial charge in [0.2, 0.25) is 21.8 Å². The maximum Gasteiger partial charge on any atom is 0.244 e. The molecule has 0 aliphatic rings. The first-order chi connectivity index (χ1) is 16.4. The maximum atomic E-state index is 13.6. The predicted molar refractivity (Wildman–Crippen MR) is 139 cm³/mol. The Hall–Kier alpha value is -2.78. The Morgan fingerprint density at radius 2 is 1.83 bits per heavy atom. The van der Waals surface area contributed by atoms with E-state index in [1.165, 1.54) is 30.2 Å². The molecule has 1 atom stereocenters. The van der Waals surface area contributed by atoms with E-state index in [-0.39, 0.29) is 29.2 Å². The summed E-state index contributed by atoms with van der Waals surface area (Å²) in [4.78, 5) is 28.1. The smallest absolute Gasteiger partial charge is 0.244 e. The number of halogens is 1. The molecule has 2 rings (SSSR count). The number of methoxy groups -OCH3 is 1. The van der Waals surface area contributed by atoms with E-state index in [0.29, 0.717) is 12.2 Å². The average molecular weight is 524 g/mol. The summed E-state index contributed by atoms with van der Waals surface area (Å²) in [5.74, 6) is -0.413. The highest BCUT2D eigenvalue weighted by atomic mass is 35.5. The van der Waals surface area contributed by atoms with E-state index in [9.17, 15) is 18.0 Å². The molecule has 0 aromatic heterocycles. The molecule has 2 amide bonds. The summed E-state index contributed by atoms with van der Waals surface area (Å²) >= 11 is 6.21. The number of sulfonamides is 1. The summed E-state index contributed by atoms with van der Waals surface area (Å²) in [7, 11) is -2.39. The first kappa shape index (κ1) is 28.5. The number of carbonyl (C=O) groups excluding carboxylic acids is 2. The Morgan fingerprint density at radius 3 is 2.34 bits per heavy atom. The lowest BCUT2D eigenvalue weighted by atomic mass is 10.1. The zero-order chi connectivity index (χ0) is 26.3. The zero-order valence-corrected chi connectivity index (χ0v) is 22.6. The van der Waals surface area contributed by atoms with Gasteiger partial charge in [0.05, 0.1) is 24.1 Å². The third-order valence-electron chi connectivity index (χ3n) is 5.35. The van der Waals surface area contributed by atoms with Crippen molar-refractivity contribution in [3.63, 3.8) is 0 Å². The molecular formula is C25H34ClN3O5S. The minimum absolute atomic E-state index is 0.110. The van der Waals surface area contributed by atoms with Crippen molar-refractivity contribution < 1.29 is 22.7 Å². The van der Waals surface area contributed by atoms with Gasteiger partial charge in [0.1, 0.15) is 18.3 Å². The lowest BCUT2D eigenvalue weighted by Gasteiger charge is -2.33. The number of rotatable bonds is 11. The fourth-order valence-corrected chi connectivity index (χ4v) is 4.82.